The van der Waals surface area contributed by atoms with Crippen molar-refractivity contribution in [3.63, 3.8) is 0 Å². The van der Waals surface area contributed by atoms with Crippen molar-refractivity contribution in [2.75, 3.05) is 27.8 Å². The van der Waals surface area contributed by atoms with Gasteiger partial charge in [0.15, 0.2) is 0 Å². The van der Waals surface area contributed by atoms with E-state index in [1.165, 1.54) is 14.2 Å². The Kier molecular flexibility index (Phi) is 8.56. The number of hydrogen-bond acceptors (Lipinski definition) is 6. The van der Waals surface area contributed by atoms with Gasteiger partial charge in [-0.2, -0.15) is 4.98 Å². The first-order chi connectivity index (χ1) is 16.4. The fourth-order valence-corrected chi connectivity index (χ4v) is 3.61. The number of carbonyl (C=O) groups is 2. The largest absolute Gasteiger partial charge is 0.481 e. The lowest BCUT2D eigenvalue weighted by atomic mass is 10.0. The van der Waals surface area contributed by atoms with E-state index in [0.29, 0.717) is 42.4 Å². The maximum absolute atomic E-state index is 13.4. The van der Waals surface area contributed by atoms with Crippen LogP contribution in [-0.2, 0) is 6.42 Å². The van der Waals surface area contributed by atoms with E-state index in [2.05, 4.69) is 15.3 Å². The minimum Gasteiger partial charge on any atom is -0.481 e. The van der Waals surface area contributed by atoms with Gasteiger partial charge in [-0.3, -0.25) is 9.59 Å². The number of nitrogens with one attached hydrogen (secondary N) is 1. The number of hydrogen-bond donors (Lipinski definition) is 1. The Morgan fingerprint density at radius 3 is 2.26 bits per heavy atom. The van der Waals surface area contributed by atoms with Gasteiger partial charge >= 0.3 is 0 Å². The molecule has 2 aromatic heterocycles. The van der Waals surface area contributed by atoms with Gasteiger partial charge < -0.3 is 19.7 Å². The number of pyridine rings is 2. The molecule has 0 fully saturated rings. The van der Waals surface area contributed by atoms with E-state index in [4.69, 9.17) is 9.47 Å². The number of nitrogens with zero attached hydrogens (tertiary/aromatic N) is 3. The maximum Gasteiger partial charge on any atom is 0.269 e. The molecule has 178 valence electrons. The highest BCUT2D eigenvalue weighted by Crippen LogP contribution is 2.21. The van der Waals surface area contributed by atoms with Crippen molar-refractivity contribution in [1.82, 2.24) is 20.2 Å². The van der Waals surface area contributed by atoms with Gasteiger partial charge in [0, 0.05) is 37.5 Å². The lowest BCUT2D eigenvalue weighted by Crippen LogP contribution is -2.41. The average Bonchev–Trinajstić information content (AvgIpc) is 2.87. The third-order valence-electron chi connectivity index (χ3n) is 5.51. The van der Waals surface area contributed by atoms with Crippen LogP contribution in [0.4, 0.5) is 0 Å². The topological polar surface area (TPSA) is 93.7 Å². The number of aryl methyl sites for hydroxylation is 1. The number of amides is 2. The molecular formula is C26H30N4O4. The van der Waals surface area contributed by atoms with Gasteiger partial charge in [0.05, 0.1) is 19.8 Å². The molecule has 0 aliphatic carbocycles. The molecular weight excluding hydrogens is 432 g/mol. The number of ether oxygens (including phenoxy) is 2. The minimum atomic E-state index is -0.236. The van der Waals surface area contributed by atoms with Crippen molar-refractivity contribution in [2.24, 2.45) is 0 Å². The summed E-state index contributed by atoms with van der Waals surface area (Å²) in [4.78, 5) is 36.0. The summed E-state index contributed by atoms with van der Waals surface area (Å²) in [5.74, 6) is 0.175. The molecule has 1 aromatic carbocycles. The number of aromatic nitrogens is 2. The van der Waals surface area contributed by atoms with E-state index in [0.717, 1.165) is 11.3 Å². The molecule has 3 aromatic rings. The summed E-state index contributed by atoms with van der Waals surface area (Å²) < 4.78 is 10.4. The Bertz CT molecular complexity index is 1100. The van der Waals surface area contributed by atoms with Crippen LogP contribution in [0, 0.1) is 6.92 Å². The monoisotopic (exact) mass is 462 g/mol. The van der Waals surface area contributed by atoms with E-state index < -0.39 is 0 Å². The fourth-order valence-electron chi connectivity index (χ4n) is 3.61. The lowest BCUT2D eigenvalue weighted by Gasteiger charge is -2.29. The highest BCUT2D eigenvalue weighted by Gasteiger charge is 2.23. The van der Waals surface area contributed by atoms with E-state index in [1.807, 2.05) is 43.3 Å². The van der Waals surface area contributed by atoms with Crippen LogP contribution in [-0.4, -0.2) is 60.5 Å². The van der Waals surface area contributed by atoms with Crippen LogP contribution in [0.5, 0.6) is 11.8 Å². The first kappa shape index (κ1) is 24.7. The second-order valence-electron chi connectivity index (χ2n) is 7.91. The number of benzene rings is 1. The van der Waals surface area contributed by atoms with Gasteiger partial charge in [0.1, 0.15) is 5.69 Å². The number of likely N-dealkylation sites (N-methyl/N-ethyl adjacent to an activating group) is 1. The van der Waals surface area contributed by atoms with Gasteiger partial charge in [0.25, 0.3) is 11.8 Å². The summed E-state index contributed by atoms with van der Waals surface area (Å²) in [6.45, 7) is 2.24. The molecule has 0 aliphatic rings. The van der Waals surface area contributed by atoms with Crippen molar-refractivity contribution in [1.29, 1.82) is 0 Å². The molecule has 1 unspecified atom stereocenters. The number of carbonyl (C=O) groups excluding carboxylic acids is 2. The van der Waals surface area contributed by atoms with Crippen molar-refractivity contribution >= 4 is 11.8 Å². The molecule has 0 aliphatic heterocycles. The Balaban J connectivity index is 1.75. The van der Waals surface area contributed by atoms with Crippen molar-refractivity contribution in [3.05, 3.63) is 83.2 Å². The molecule has 34 heavy (non-hydrogen) atoms. The Morgan fingerprint density at radius 2 is 1.65 bits per heavy atom. The Hall–Kier alpha value is -3.94. The summed E-state index contributed by atoms with van der Waals surface area (Å²) in [6, 6.07) is 18.3. The molecule has 8 nitrogen and oxygen atoms in total. The van der Waals surface area contributed by atoms with Gasteiger partial charge in [-0.05, 0) is 37.5 Å². The molecule has 0 bridgehead atoms. The molecule has 2 amide bonds. The molecule has 1 N–H and O–H groups in total. The molecule has 0 spiro atoms. The zero-order valence-electron chi connectivity index (χ0n) is 19.9. The number of rotatable bonds is 10. The van der Waals surface area contributed by atoms with Crippen molar-refractivity contribution in [2.45, 2.75) is 25.8 Å². The van der Waals surface area contributed by atoms with Crippen LogP contribution in [0.1, 0.15) is 38.5 Å². The molecule has 8 heteroatoms. The molecule has 0 saturated heterocycles. The van der Waals surface area contributed by atoms with Gasteiger partial charge in [0.2, 0.25) is 11.8 Å². The summed E-state index contributed by atoms with van der Waals surface area (Å²) in [7, 11) is 4.74. The Morgan fingerprint density at radius 1 is 0.971 bits per heavy atom. The third-order valence-corrected chi connectivity index (χ3v) is 5.51. The fraction of sp³-hybridized carbons (Fsp3) is 0.308. The first-order valence-corrected chi connectivity index (χ1v) is 11.0. The summed E-state index contributed by atoms with van der Waals surface area (Å²) >= 11 is 0. The van der Waals surface area contributed by atoms with E-state index in [9.17, 15) is 9.59 Å². The van der Waals surface area contributed by atoms with E-state index in [-0.39, 0.29) is 17.9 Å². The zero-order valence-corrected chi connectivity index (χ0v) is 19.9. The van der Waals surface area contributed by atoms with Crippen LogP contribution in [0.25, 0.3) is 0 Å². The third kappa shape index (κ3) is 6.54. The lowest BCUT2D eigenvalue weighted by molar-refractivity contribution is 0.0721. The smallest absolute Gasteiger partial charge is 0.269 e. The van der Waals surface area contributed by atoms with Crippen molar-refractivity contribution in [3.8, 4) is 11.8 Å². The molecule has 3 rings (SSSR count). The normalized spacial score (nSPS) is 11.4. The quantitative estimate of drug-likeness (QED) is 0.497. The van der Waals surface area contributed by atoms with Crippen molar-refractivity contribution < 1.29 is 19.1 Å². The highest BCUT2D eigenvalue weighted by atomic mass is 16.5. The second kappa shape index (κ2) is 11.8. The van der Waals surface area contributed by atoms with Crippen LogP contribution in [0.15, 0.2) is 60.7 Å². The van der Waals surface area contributed by atoms with Crippen LogP contribution in [0.3, 0.4) is 0 Å². The molecule has 2 heterocycles. The maximum atomic E-state index is 13.4. The molecule has 0 radical (unpaired) electrons. The zero-order chi connectivity index (χ0) is 24.5. The predicted octanol–water partition coefficient (Wildman–Crippen LogP) is 3.31. The first-order valence-electron chi connectivity index (χ1n) is 11.0. The minimum absolute atomic E-state index is 0.161. The summed E-state index contributed by atoms with van der Waals surface area (Å²) in [6.07, 6.45) is 1.20. The van der Waals surface area contributed by atoms with Crippen LogP contribution < -0.4 is 14.8 Å². The van der Waals surface area contributed by atoms with Gasteiger partial charge in [-0.1, -0.05) is 36.4 Å². The summed E-state index contributed by atoms with van der Waals surface area (Å²) in [5, 5.41) is 2.92. The second-order valence-corrected chi connectivity index (χ2v) is 7.91. The van der Waals surface area contributed by atoms with Gasteiger partial charge in [-0.15, -0.1) is 0 Å². The van der Waals surface area contributed by atoms with Gasteiger partial charge in [-0.25, -0.2) is 4.98 Å². The van der Waals surface area contributed by atoms with Crippen LogP contribution in [0.2, 0.25) is 0 Å². The standard InChI is InChI=1S/C26H30N4O4/c1-18-9-8-12-22(28-18)25(31)27-14-13-21(15-19-10-6-5-7-11-19)30(2)26(32)20-16-23(33-3)29-24(17-20)34-4/h5-12,16-17,21H,13-15H2,1-4H3,(H,27,31). The summed E-state index contributed by atoms with van der Waals surface area (Å²) in [5.41, 5.74) is 2.67. The number of methoxy groups -OCH3 is 2. The predicted molar refractivity (Wildman–Crippen MR) is 129 cm³/mol. The molecule has 0 saturated carbocycles. The Labute approximate surface area is 199 Å². The SMILES string of the molecule is COc1cc(C(=O)N(C)C(CCNC(=O)c2cccc(C)n2)Cc2ccccc2)cc(OC)n1. The van der Waals surface area contributed by atoms with Crippen LogP contribution >= 0.6 is 0 Å². The van der Waals surface area contributed by atoms with E-state index >= 15 is 0 Å². The average molecular weight is 463 g/mol. The highest BCUT2D eigenvalue weighted by molar-refractivity contribution is 5.95. The molecule has 1 atom stereocenters. The van der Waals surface area contributed by atoms with E-state index in [1.54, 1.807) is 36.2 Å².